The summed E-state index contributed by atoms with van der Waals surface area (Å²) in [6.45, 7) is 8.83. The average Bonchev–Trinajstić information content (AvgIpc) is 2.47. The predicted octanol–water partition coefficient (Wildman–Crippen LogP) is 2.93. The molecule has 0 aromatic rings. The summed E-state index contributed by atoms with van der Waals surface area (Å²) in [5.41, 5.74) is 1.31. The highest BCUT2D eigenvalue weighted by Crippen LogP contribution is 2.40. The van der Waals surface area contributed by atoms with Gasteiger partial charge in [-0.05, 0) is 38.5 Å². The molecule has 0 spiro atoms. The van der Waals surface area contributed by atoms with Crippen molar-refractivity contribution >= 4 is 11.5 Å². The van der Waals surface area contributed by atoms with Gasteiger partial charge < -0.3 is 0 Å². The summed E-state index contributed by atoms with van der Waals surface area (Å²) in [6.07, 6.45) is 2.62. The van der Waals surface area contributed by atoms with Crippen LogP contribution in [0.5, 0.6) is 0 Å². The summed E-state index contributed by atoms with van der Waals surface area (Å²) in [6, 6.07) is 0.535. The second-order valence-corrected chi connectivity index (χ2v) is 5.01. The highest BCUT2D eigenvalue weighted by Gasteiger charge is 2.40. The highest BCUT2D eigenvalue weighted by atomic mass is 15.0. The van der Waals surface area contributed by atoms with E-state index >= 15 is 0 Å². The molecule has 0 aromatic carbocycles. The summed E-state index contributed by atoms with van der Waals surface area (Å²) < 4.78 is 0. The lowest BCUT2D eigenvalue weighted by atomic mass is 9.87. The standard InChI is InChI=1S/C12H20N2/c1-7(2)10-5-6-11-8(3)13-9(4)14-12(10)11/h7,10-12H,5-6H2,1-4H3. The van der Waals surface area contributed by atoms with E-state index in [2.05, 4.69) is 25.8 Å². The Hall–Kier alpha value is -0.660. The van der Waals surface area contributed by atoms with Crippen LogP contribution in [0.15, 0.2) is 9.98 Å². The number of amidine groups is 1. The van der Waals surface area contributed by atoms with Crippen LogP contribution in [0.25, 0.3) is 0 Å². The van der Waals surface area contributed by atoms with Gasteiger partial charge in [-0.15, -0.1) is 0 Å². The lowest BCUT2D eigenvalue weighted by Gasteiger charge is -2.27. The number of rotatable bonds is 1. The normalized spacial score (nSPS) is 36.8. The largest absolute Gasteiger partial charge is 0.266 e. The van der Waals surface area contributed by atoms with Crippen molar-refractivity contribution in [3.05, 3.63) is 0 Å². The van der Waals surface area contributed by atoms with E-state index in [4.69, 9.17) is 4.99 Å². The van der Waals surface area contributed by atoms with E-state index in [-0.39, 0.29) is 0 Å². The molecule has 3 atom stereocenters. The SMILES string of the molecule is CC1=NC2C(CCC2C(C)C)C(C)=N1. The molecule has 1 aliphatic carbocycles. The molecule has 0 N–H and O–H groups in total. The lowest BCUT2D eigenvalue weighted by molar-refractivity contribution is 0.347. The first kappa shape index (κ1) is 9.88. The molecule has 0 aromatic heterocycles. The summed E-state index contributed by atoms with van der Waals surface area (Å²) in [4.78, 5) is 9.21. The fourth-order valence-corrected chi connectivity index (χ4v) is 2.96. The third-order valence-corrected chi connectivity index (χ3v) is 3.73. The Morgan fingerprint density at radius 1 is 1.21 bits per heavy atom. The molecule has 0 radical (unpaired) electrons. The molecule has 2 nitrogen and oxygen atoms in total. The van der Waals surface area contributed by atoms with E-state index in [1.54, 1.807) is 0 Å². The van der Waals surface area contributed by atoms with Crippen LogP contribution < -0.4 is 0 Å². The minimum absolute atomic E-state index is 0.535. The van der Waals surface area contributed by atoms with E-state index in [0.29, 0.717) is 12.0 Å². The number of hydrogen-bond donors (Lipinski definition) is 0. The summed E-state index contributed by atoms with van der Waals surface area (Å²) in [5, 5.41) is 0. The molecule has 1 heterocycles. The Labute approximate surface area is 86.5 Å². The van der Waals surface area contributed by atoms with Gasteiger partial charge in [-0.1, -0.05) is 13.8 Å². The summed E-state index contributed by atoms with van der Waals surface area (Å²) in [7, 11) is 0. The Morgan fingerprint density at radius 3 is 2.57 bits per heavy atom. The number of hydrogen-bond acceptors (Lipinski definition) is 2. The quantitative estimate of drug-likeness (QED) is 0.610. The fourth-order valence-electron chi connectivity index (χ4n) is 2.96. The van der Waals surface area contributed by atoms with Gasteiger partial charge in [0.05, 0.1) is 6.04 Å². The zero-order valence-corrected chi connectivity index (χ0v) is 9.62. The monoisotopic (exact) mass is 192 g/mol. The molecule has 3 unspecified atom stereocenters. The van der Waals surface area contributed by atoms with Crippen molar-refractivity contribution in [2.75, 3.05) is 0 Å². The zero-order valence-electron chi connectivity index (χ0n) is 9.62. The first-order chi connectivity index (χ1) is 6.59. The second kappa shape index (κ2) is 3.48. The zero-order chi connectivity index (χ0) is 10.3. The number of fused-ring (bicyclic) bond motifs is 1. The third-order valence-electron chi connectivity index (χ3n) is 3.73. The molecule has 2 rings (SSSR count). The van der Waals surface area contributed by atoms with E-state index < -0.39 is 0 Å². The molecule has 78 valence electrons. The Morgan fingerprint density at radius 2 is 1.93 bits per heavy atom. The molecule has 14 heavy (non-hydrogen) atoms. The van der Waals surface area contributed by atoms with Gasteiger partial charge in [-0.25, -0.2) is 4.99 Å². The Kier molecular flexibility index (Phi) is 2.46. The number of nitrogens with zero attached hydrogens (tertiary/aromatic N) is 2. The topological polar surface area (TPSA) is 24.7 Å². The molecule has 2 heteroatoms. The minimum Gasteiger partial charge on any atom is -0.266 e. The molecule has 1 aliphatic heterocycles. The van der Waals surface area contributed by atoms with Gasteiger partial charge in [-0.3, -0.25) is 4.99 Å². The van der Waals surface area contributed by atoms with Gasteiger partial charge in [0.1, 0.15) is 5.84 Å². The van der Waals surface area contributed by atoms with Gasteiger partial charge in [0, 0.05) is 11.6 Å². The maximum atomic E-state index is 4.73. The molecule has 0 saturated heterocycles. The van der Waals surface area contributed by atoms with E-state index in [9.17, 15) is 0 Å². The van der Waals surface area contributed by atoms with Crippen LogP contribution in [-0.4, -0.2) is 17.6 Å². The van der Waals surface area contributed by atoms with Crippen molar-refractivity contribution in [3.63, 3.8) is 0 Å². The van der Waals surface area contributed by atoms with Crippen molar-refractivity contribution in [1.82, 2.24) is 0 Å². The van der Waals surface area contributed by atoms with Crippen molar-refractivity contribution in [2.24, 2.45) is 27.7 Å². The van der Waals surface area contributed by atoms with Crippen molar-refractivity contribution in [1.29, 1.82) is 0 Å². The molecule has 2 aliphatic rings. The first-order valence-corrected chi connectivity index (χ1v) is 5.69. The van der Waals surface area contributed by atoms with Crippen LogP contribution in [0.3, 0.4) is 0 Å². The van der Waals surface area contributed by atoms with E-state index in [1.165, 1.54) is 18.6 Å². The molecular weight excluding hydrogens is 172 g/mol. The minimum atomic E-state index is 0.535. The van der Waals surface area contributed by atoms with Crippen LogP contribution in [0.4, 0.5) is 0 Å². The van der Waals surface area contributed by atoms with E-state index in [1.807, 2.05) is 6.92 Å². The van der Waals surface area contributed by atoms with Crippen LogP contribution in [0, 0.1) is 17.8 Å². The number of aliphatic imine (C=N–C) groups is 2. The predicted molar refractivity (Wildman–Crippen MR) is 61.1 cm³/mol. The van der Waals surface area contributed by atoms with Crippen molar-refractivity contribution in [2.45, 2.75) is 46.6 Å². The molecule has 0 bridgehead atoms. The molecular formula is C12H20N2. The van der Waals surface area contributed by atoms with Crippen LogP contribution >= 0.6 is 0 Å². The molecule has 1 saturated carbocycles. The summed E-state index contributed by atoms with van der Waals surface area (Å²) in [5.74, 6) is 3.16. The second-order valence-electron chi connectivity index (χ2n) is 5.01. The molecule has 0 amide bonds. The van der Waals surface area contributed by atoms with Crippen LogP contribution in [0.1, 0.15) is 40.5 Å². The summed E-state index contributed by atoms with van der Waals surface area (Å²) >= 11 is 0. The highest BCUT2D eigenvalue weighted by molar-refractivity contribution is 5.99. The fraction of sp³-hybridized carbons (Fsp3) is 0.833. The first-order valence-electron chi connectivity index (χ1n) is 5.69. The van der Waals surface area contributed by atoms with Gasteiger partial charge in [0.15, 0.2) is 0 Å². The Balaban J connectivity index is 2.24. The smallest absolute Gasteiger partial charge is 0.120 e. The van der Waals surface area contributed by atoms with Gasteiger partial charge in [0.25, 0.3) is 0 Å². The van der Waals surface area contributed by atoms with Gasteiger partial charge in [0.2, 0.25) is 0 Å². The Bertz CT molecular complexity index is 289. The maximum absolute atomic E-state index is 4.73. The van der Waals surface area contributed by atoms with Crippen LogP contribution in [0.2, 0.25) is 0 Å². The van der Waals surface area contributed by atoms with Gasteiger partial charge >= 0.3 is 0 Å². The van der Waals surface area contributed by atoms with E-state index in [0.717, 1.165) is 17.7 Å². The van der Waals surface area contributed by atoms with Crippen molar-refractivity contribution < 1.29 is 0 Å². The maximum Gasteiger partial charge on any atom is 0.120 e. The lowest BCUT2D eigenvalue weighted by Crippen LogP contribution is -2.31. The average molecular weight is 192 g/mol. The van der Waals surface area contributed by atoms with Crippen molar-refractivity contribution in [3.8, 4) is 0 Å². The third kappa shape index (κ3) is 1.51. The van der Waals surface area contributed by atoms with Gasteiger partial charge in [-0.2, -0.15) is 0 Å². The molecule has 1 fully saturated rings. The van der Waals surface area contributed by atoms with Crippen LogP contribution in [-0.2, 0) is 0 Å².